The molecule has 0 heterocycles. The summed E-state index contributed by atoms with van der Waals surface area (Å²) in [7, 11) is 0. The third-order valence-electron chi connectivity index (χ3n) is 5.48. The molecule has 0 aliphatic heterocycles. The Labute approximate surface area is 150 Å². The molecule has 24 heavy (non-hydrogen) atoms. The first-order valence-electron chi connectivity index (χ1n) is 9.15. The van der Waals surface area contributed by atoms with Crippen LogP contribution in [0.1, 0.15) is 78.5 Å². The van der Waals surface area contributed by atoms with Crippen LogP contribution in [0, 0.1) is 24.7 Å². The van der Waals surface area contributed by atoms with Gasteiger partial charge >= 0.3 is 0 Å². The summed E-state index contributed by atoms with van der Waals surface area (Å²) in [5.74, 6) is 1.03. The van der Waals surface area contributed by atoms with Gasteiger partial charge in [0.2, 0.25) is 0 Å². The molecule has 0 fully saturated rings. The van der Waals surface area contributed by atoms with Gasteiger partial charge in [0.25, 0.3) is 0 Å². The van der Waals surface area contributed by atoms with Crippen molar-refractivity contribution in [3.8, 4) is 5.75 Å². The average Bonchev–Trinajstić information content (AvgIpc) is 2.38. The van der Waals surface area contributed by atoms with Crippen LogP contribution in [-0.2, 0) is 5.41 Å². The van der Waals surface area contributed by atoms with Crippen LogP contribution in [0.25, 0.3) is 0 Å². The Bertz CT molecular complexity index is 554. The van der Waals surface area contributed by atoms with Crippen LogP contribution < -0.4 is 4.74 Å². The number of rotatable bonds is 5. The number of ether oxygens (including phenoxy) is 1. The van der Waals surface area contributed by atoms with Crippen molar-refractivity contribution in [2.45, 2.75) is 81.1 Å². The van der Waals surface area contributed by atoms with Crippen LogP contribution in [0.15, 0.2) is 24.3 Å². The predicted molar refractivity (Wildman–Crippen MR) is 107 cm³/mol. The standard InChI is InChI=1S/C23H38O/c1-17-15-19(21(3,4)5)16-18(2)20(17)24-14-12-11-13-23(9,10)22(6,7)8/h11-12,15-16H,13-14H2,1-10H3/b12-11+. The molecule has 136 valence electrons. The van der Waals surface area contributed by atoms with Gasteiger partial charge in [-0.2, -0.15) is 0 Å². The summed E-state index contributed by atoms with van der Waals surface area (Å²) in [6, 6.07) is 4.52. The number of hydrogen-bond acceptors (Lipinski definition) is 1. The minimum absolute atomic E-state index is 0.173. The molecule has 1 heteroatoms. The van der Waals surface area contributed by atoms with Crippen molar-refractivity contribution in [2.75, 3.05) is 6.61 Å². The Hall–Kier alpha value is -1.24. The van der Waals surface area contributed by atoms with Gasteiger partial charge in [-0.05, 0) is 53.2 Å². The van der Waals surface area contributed by atoms with Crippen molar-refractivity contribution >= 4 is 0 Å². The molecule has 1 rings (SSSR count). The van der Waals surface area contributed by atoms with E-state index in [1.165, 1.54) is 16.7 Å². The van der Waals surface area contributed by atoms with Crippen molar-refractivity contribution in [3.63, 3.8) is 0 Å². The van der Waals surface area contributed by atoms with E-state index >= 15 is 0 Å². The van der Waals surface area contributed by atoms with Gasteiger partial charge in [0.15, 0.2) is 0 Å². The molecule has 1 aromatic rings. The molecule has 0 amide bonds. The molecule has 0 aliphatic carbocycles. The highest BCUT2D eigenvalue weighted by molar-refractivity contribution is 5.45. The van der Waals surface area contributed by atoms with Crippen LogP contribution in [-0.4, -0.2) is 6.61 Å². The smallest absolute Gasteiger partial charge is 0.125 e. The summed E-state index contributed by atoms with van der Waals surface area (Å²) in [5.41, 5.74) is 4.57. The summed E-state index contributed by atoms with van der Waals surface area (Å²) < 4.78 is 6.05. The maximum Gasteiger partial charge on any atom is 0.125 e. The Morgan fingerprint density at radius 1 is 0.833 bits per heavy atom. The molecular weight excluding hydrogens is 292 g/mol. The van der Waals surface area contributed by atoms with Crippen molar-refractivity contribution in [2.24, 2.45) is 10.8 Å². The second-order valence-electron chi connectivity index (χ2n) is 9.81. The summed E-state index contributed by atoms with van der Waals surface area (Å²) >= 11 is 0. The largest absolute Gasteiger partial charge is 0.489 e. The predicted octanol–water partition coefficient (Wildman–Crippen LogP) is 7.00. The maximum absolute atomic E-state index is 6.05. The van der Waals surface area contributed by atoms with E-state index < -0.39 is 0 Å². The van der Waals surface area contributed by atoms with E-state index in [9.17, 15) is 0 Å². The van der Waals surface area contributed by atoms with E-state index in [0.717, 1.165) is 12.2 Å². The molecule has 0 saturated carbocycles. The lowest BCUT2D eigenvalue weighted by atomic mass is 9.67. The van der Waals surface area contributed by atoms with Gasteiger partial charge in [-0.1, -0.05) is 79.7 Å². The third kappa shape index (κ3) is 5.40. The lowest BCUT2D eigenvalue weighted by Crippen LogP contribution is -2.28. The van der Waals surface area contributed by atoms with Crippen molar-refractivity contribution in [1.82, 2.24) is 0 Å². The third-order valence-corrected chi connectivity index (χ3v) is 5.48. The first-order chi connectivity index (χ1) is 10.8. The normalized spacial score (nSPS) is 13.6. The molecule has 0 saturated heterocycles. The van der Waals surface area contributed by atoms with Gasteiger partial charge in [-0.25, -0.2) is 0 Å². The molecule has 0 spiro atoms. The molecule has 1 nitrogen and oxygen atoms in total. The van der Waals surface area contributed by atoms with Gasteiger partial charge in [-0.15, -0.1) is 0 Å². The van der Waals surface area contributed by atoms with E-state index in [1.807, 2.05) is 0 Å². The van der Waals surface area contributed by atoms with Gasteiger partial charge in [0.1, 0.15) is 12.4 Å². The highest BCUT2D eigenvalue weighted by Crippen LogP contribution is 2.40. The van der Waals surface area contributed by atoms with Gasteiger partial charge < -0.3 is 4.74 Å². The van der Waals surface area contributed by atoms with Gasteiger partial charge in [0.05, 0.1) is 0 Å². The van der Waals surface area contributed by atoms with Gasteiger partial charge in [0, 0.05) is 0 Å². The quantitative estimate of drug-likeness (QED) is 0.528. The second kappa shape index (κ2) is 7.33. The molecule has 1 aromatic carbocycles. The van der Waals surface area contributed by atoms with E-state index in [2.05, 4.69) is 93.5 Å². The van der Waals surface area contributed by atoms with Crippen LogP contribution in [0.3, 0.4) is 0 Å². The van der Waals surface area contributed by atoms with Crippen LogP contribution in [0.4, 0.5) is 0 Å². The molecule has 0 atom stereocenters. The summed E-state index contributed by atoms with van der Waals surface area (Å²) in [4.78, 5) is 0. The van der Waals surface area contributed by atoms with Gasteiger partial charge in [-0.3, -0.25) is 0 Å². The lowest BCUT2D eigenvalue weighted by molar-refractivity contribution is 0.135. The summed E-state index contributed by atoms with van der Waals surface area (Å²) in [5, 5.41) is 0. The number of benzene rings is 1. The Balaban J connectivity index is 2.71. The molecular formula is C23H38O. The molecule has 0 bridgehead atoms. The minimum atomic E-state index is 0.173. The number of hydrogen-bond donors (Lipinski definition) is 0. The molecule has 0 aliphatic rings. The topological polar surface area (TPSA) is 9.23 Å². The van der Waals surface area contributed by atoms with Crippen molar-refractivity contribution in [1.29, 1.82) is 0 Å². The zero-order chi connectivity index (χ0) is 18.8. The zero-order valence-corrected chi connectivity index (χ0v) is 17.6. The molecule has 0 aromatic heterocycles. The van der Waals surface area contributed by atoms with Crippen LogP contribution >= 0.6 is 0 Å². The fourth-order valence-corrected chi connectivity index (χ4v) is 2.49. The zero-order valence-electron chi connectivity index (χ0n) is 17.6. The molecule has 0 N–H and O–H groups in total. The van der Waals surface area contributed by atoms with Crippen LogP contribution in [0.5, 0.6) is 5.75 Å². The second-order valence-corrected chi connectivity index (χ2v) is 9.81. The fourth-order valence-electron chi connectivity index (χ4n) is 2.49. The van der Waals surface area contributed by atoms with Crippen LogP contribution in [0.2, 0.25) is 0 Å². The average molecular weight is 331 g/mol. The monoisotopic (exact) mass is 330 g/mol. The number of aryl methyl sites for hydroxylation is 2. The van der Waals surface area contributed by atoms with E-state index in [0.29, 0.717) is 12.0 Å². The first-order valence-corrected chi connectivity index (χ1v) is 9.15. The first kappa shape index (κ1) is 20.8. The number of allylic oxidation sites excluding steroid dienone is 1. The highest BCUT2D eigenvalue weighted by atomic mass is 16.5. The Kier molecular flexibility index (Phi) is 6.36. The highest BCUT2D eigenvalue weighted by Gasteiger charge is 2.31. The van der Waals surface area contributed by atoms with Crippen molar-refractivity contribution < 1.29 is 4.74 Å². The molecule has 0 radical (unpaired) electrons. The molecule has 0 unspecified atom stereocenters. The fraction of sp³-hybridized carbons (Fsp3) is 0.652. The van der Waals surface area contributed by atoms with E-state index in [-0.39, 0.29) is 10.8 Å². The lowest BCUT2D eigenvalue weighted by Gasteiger charge is -2.38. The SMILES string of the molecule is Cc1cc(C(C)(C)C)cc(C)c1OC/C=C/CC(C)(C)C(C)(C)C. The van der Waals surface area contributed by atoms with E-state index in [1.54, 1.807) is 0 Å². The Morgan fingerprint density at radius 3 is 1.75 bits per heavy atom. The maximum atomic E-state index is 6.05. The van der Waals surface area contributed by atoms with E-state index in [4.69, 9.17) is 4.74 Å². The summed E-state index contributed by atoms with van der Waals surface area (Å²) in [6.07, 6.45) is 5.49. The van der Waals surface area contributed by atoms with Crippen molar-refractivity contribution in [3.05, 3.63) is 41.0 Å². The minimum Gasteiger partial charge on any atom is -0.489 e. The summed E-state index contributed by atoms with van der Waals surface area (Å²) in [6.45, 7) is 23.3. The Morgan fingerprint density at radius 2 is 1.33 bits per heavy atom.